The van der Waals surface area contributed by atoms with E-state index < -0.39 is 16.7 Å². The Bertz CT molecular complexity index is 981. The van der Waals surface area contributed by atoms with Gasteiger partial charge < -0.3 is 14.8 Å². The quantitative estimate of drug-likeness (QED) is 0.388. The van der Waals surface area contributed by atoms with Gasteiger partial charge in [-0.05, 0) is 31.5 Å². The fourth-order valence-electron chi connectivity index (χ4n) is 2.47. The molecule has 2 amide bonds. The minimum absolute atomic E-state index is 0.107. The van der Waals surface area contributed by atoms with E-state index in [4.69, 9.17) is 9.47 Å². The van der Waals surface area contributed by atoms with E-state index in [2.05, 4.69) is 15.8 Å². The maximum absolute atomic E-state index is 12.3. The van der Waals surface area contributed by atoms with Crippen molar-refractivity contribution in [2.24, 2.45) is 5.10 Å². The summed E-state index contributed by atoms with van der Waals surface area (Å²) in [4.78, 5) is 34.9. The van der Waals surface area contributed by atoms with Gasteiger partial charge >= 0.3 is 0 Å². The standard InChI is InChI=1S/C20H22N4O6/c1-12-5-6-15(24(27)28)10-18(12)21-19(25)7-13(2)22-23-20(26)14-8-16(29-3)11-17(9-14)30-4/h5-6,8-11H,7H2,1-4H3,(H,21,25)(H,23,26). The van der Waals surface area contributed by atoms with E-state index in [1.54, 1.807) is 26.0 Å². The van der Waals surface area contributed by atoms with Crippen LogP contribution in [0.15, 0.2) is 41.5 Å². The van der Waals surface area contributed by atoms with Crippen molar-refractivity contribution in [3.63, 3.8) is 0 Å². The van der Waals surface area contributed by atoms with Crippen molar-refractivity contribution < 1.29 is 24.0 Å². The molecule has 0 fully saturated rings. The van der Waals surface area contributed by atoms with Crippen LogP contribution in [0.25, 0.3) is 0 Å². The molecule has 0 atom stereocenters. The highest BCUT2D eigenvalue weighted by Gasteiger charge is 2.13. The highest BCUT2D eigenvalue weighted by Crippen LogP contribution is 2.23. The van der Waals surface area contributed by atoms with Crippen molar-refractivity contribution >= 4 is 28.9 Å². The zero-order valence-electron chi connectivity index (χ0n) is 17.0. The van der Waals surface area contributed by atoms with Gasteiger partial charge in [0.1, 0.15) is 11.5 Å². The van der Waals surface area contributed by atoms with Crippen LogP contribution in [0, 0.1) is 17.0 Å². The molecule has 0 aliphatic heterocycles. The third kappa shape index (κ3) is 6.03. The van der Waals surface area contributed by atoms with Gasteiger partial charge in [0, 0.05) is 29.5 Å². The molecule has 2 aromatic carbocycles. The fourth-order valence-corrected chi connectivity index (χ4v) is 2.47. The number of rotatable bonds is 8. The van der Waals surface area contributed by atoms with E-state index in [0.29, 0.717) is 28.5 Å². The lowest BCUT2D eigenvalue weighted by atomic mass is 10.1. The number of hydrogen-bond donors (Lipinski definition) is 2. The normalized spacial score (nSPS) is 10.9. The van der Waals surface area contributed by atoms with Crippen molar-refractivity contribution in [2.45, 2.75) is 20.3 Å². The number of aryl methyl sites for hydroxylation is 1. The number of ether oxygens (including phenoxy) is 2. The molecule has 10 nitrogen and oxygen atoms in total. The van der Waals surface area contributed by atoms with Crippen molar-refractivity contribution in [3.8, 4) is 11.5 Å². The Labute approximate surface area is 173 Å². The van der Waals surface area contributed by atoms with Gasteiger partial charge in [0.15, 0.2) is 0 Å². The summed E-state index contributed by atoms with van der Waals surface area (Å²) in [5.41, 5.74) is 3.90. The molecule has 0 aliphatic rings. The molecule has 0 aromatic heterocycles. The van der Waals surface area contributed by atoms with Gasteiger partial charge in [-0.1, -0.05) is 6.07 Å². The SMILES string of the molecule is COc1cc(OC)cc(C(=O)NN=C(C)CC(=O)Nc2cc([N+](=O)[O-])ccc2C)c1. The van der Waals surface area contributed by atoms with Crippen LogP contribution in [-0.2, 0) is 4.79 Å². The van der Waals surface area contributed by atoms with Crippen LogP contribution in [0.2, 0.25) is 0 Å². The second-order valence-electron chi connectivity index (χ2n) is 6.37. The van der Waals surface area contributed by atoms with Crippen molar-refractivity contribution in [3.05, 3.63) is 57.6 Å². The number of carbonyl (C=O) groups excluding carboxylic acids is 2. The molecule has 0 saturated heterocycles. The molecule has 2 aromatic rings. The van der Waals surface area contributed by atoms with E-state index in [0.717, 1.165) is 0 Å². The molecule has 0 bridgehead atoms. The minimum atomic E-state index is -0.537. The second-order valence-corrected chi connectivity index (χ2v) is 6.37. The average molecular weight is 414 g/mol. The predicted octanol–water partition coefficient (Wildman–Crippen LogP) is 3.05. The zero-order valence-corrected chi connectivity index (χ0v) is 17.0. The van der Waals surface area contributed by atoms with Crippen LogP contribution >= 0.6 is 0 Å². The summed E-state index contributed by atoms with van der Waals surface area (Å²) in [5, 5.41) is 17.4. The number of non-ortho nitro benzene ring substituents is 1. The molecule has 2 rings (SSSR count). The predicted molar refractivity (Wildman–Crippen MR) is 111 cm³/mol. The number of amides is 2. The van der Waals surface area contributed by atoms with Gasteiger partial charge in [-0.25, -0.2) is 5.43 Å². The number of methoxy groups -OCH3 is 2. The zero-order chi connectivity index (χ0) is 22.3. The first-order chi connectivity index (χ1) is 14.2. The maximum atomic E-state index is 12.3. The monoisotopic (exact) mass is 414 g/mol. The first-order valence-electron chi connectivity index (χ1n) is 8.85. The Morgan fingerprint density at radius 2 is 1.73 bits per heavy atom. The number of hydrogen-bond acceptors (Lipinski definition) is 7. The third-order valence-corrected chi connectivity index (χ3v) is 4.08. The van der Waals surface area contributed by atoms with Crippen LogP contribution in [0.3, 0.4) is 0 Å². The topological polar surface area (TPSA) is 132 Å². The lowest BCUT2D eigenvalue weighted by Crippen LogP contribution is -2.21. The molecule has 0 aliphatic carbocycles. The van der Waals surface area contributed by atoms with E-state index in [1.807, 2.05) is 0 Å². The lowest BCUT2D eigenvalue weighted by molar-refractivity contribution is -0.384. The molecule has 0 heterocycles. The Morgan fingerprint density at radius 3 is 2.30 bits per heavy atom. The summed E-state index contributed by atoms with van der Waals surface area (Å²) in [5.74, 6) is -0.0163. The summed E-state index contributed by atoms with van der Waals surface area (Å²) < 4.78 is 10.2. The van der Waals surface area contributed by atoms with Crippen molar-refractivity contribution in [1.29, 1.82) is 0 Å². The number of benzene rings is 2. The van der Waals surface area contributed by atoms with E-state index in [-0.39, 0.29) is 17.7 Å². The second kappa shape index (κ2) is 10.0. The van der Waals surface area contributed by atoms with Crippen LogP contribution < -0.4 is 20.2 Å². The van der Waals surface area contributed by atoms with Crippen LogP contribution in [0.5, 0.6) is 11.5 Å². The third-order valence-electron chi connectivity index (χ3n) is 4.08. The van der Waals surface area contributed by atoms with Crippen LogP contribution in [0.1, 0.15) is 29.3 Å². The molecule has 0 unspecified atom stereocenters. The van der Waals surface area contributed by atoms with E-state index in [9.17, 15) is 19.7 Å². The maximum Gasteiger partial charge on any atom is 0.271 e. The first kappa shape index (κ1) is 22.3. The van der Waals surface area contributed by atoms with Crippen molar-refractivity contribution in [1.82, 2.24) is 5.43 Å². The average Bonchev–Trinajstić information content (AvgIpc) is 2.72. The number of nitro benzene ring substituents is 1. The van der Waals surface area contributed by atoms with E-state index in [1.165, 1.54) is 38.5 Å². The number of carbonyl (C=O) groups is 2. The smallest absolute Gasteiger partial charge is 0.271 e. The van der Waals surface area contributed by atoms with Gasteiger partial charge in [0.25, 0.3) is 11.6 Å². The molecule has 0 saturated carbocycles. The highest BCUT2D eigenvalue weighted by molar-refractivity contribution is 6.06. The van der Waals surface area contributed by atoms with Crippen LogP contribution in [-0.4, -0.2) is 36.7 Å². The summed E-state index contributed by atoms with van der Waals surface area (Å²) in [6, 6.07) is 8.89. The number of anilines is 1. The van der Waals surface area contributed by atoms with Gasteiger partial charge in [-0.2, -0.15) is 5.10 Å². The molecular weight excluding hydrogens is 392 g/mol. The highest BCUT2D eigenvalue weighted by atomic mass is 16.6. The molecule has 0 spiro atoms. The first-order valence-corrected chi connectivity index (χ1v) is 8.85. The Kier molecular flexibility index (Phi) is 7.45. The minimum Gasteiger partial charge on any atom is -0.497 e. The fraction of sp³-hybridized carbons (Fsp3) is 0.250. The summed E-state index contributed by atoms with van der Waals surface area (Å²) >= 11 is 0. The lowest BCUT2D eigenvalue weighted by Gasteiger charge is -2.09. The molecule has 10 heteroatoms. The number of nitro groups is 1. The van der Waals surface area contributed by atoms with Crippen molar-refractivity contribution in [2.75, 3.05) is 19.5 Å². The molecule has 2 N–H and O–H groups in total. The summed E-state index contributed by atoms with van der Waals surface area (Å²) in [6.07, 6.45) is -0.107. The number of hydrazone groups is 1. The van der Waals surface area contributed by atoms with Crippen LogP contribution in [0.4, 0.5) is 11.4 Å². The summed E-state index contributed by atoms with van der Waals surface area (Å²) in [6.45, 7) is 3.30. The number of nitrogens with zero attached hydrogens (tertiary/aromatic N) is 2. The van der Waals surface area contributed by atoms with E-state index >= 15 is 0 Å². The molecule has 0 radical (unpaired) electrons. The van der Waals surface area contributed by atoms with Gasteiger partial charge in [-0.3, -0.25) is 19.7 Å². The van der Waals surface area contributed by atoms with Gasteiger partial charge in [0.05, 0.1) is 31.3 Å². The van der Waals surface area contributed by atoms with Gasteiger partial charge in [0.2, 0.25) is 5.91 Å². The Hall–Kier alpha value is -3.95. The van der Waals surface area contributed by atoms with Gasteiger partial charge in [-0.15, -0.1) is 0 Å². The Balaban J connectivity index is 2.01. The Morgan fingerprint density at radius 1 is 1.10 bits per heavy atom. The molecule has 30 heavy (non-hydrogen) atoms. The molecule has 158 valence electrons. The summed E-state index contributed by atoms with van der Waals surface area (Å²) in [7, 11) is 2.95. The number of nitrogens with one attached hydrogen (secondary N) is 2. The molecular formula is C20H22N4O6. The largest absolute Gasteiger partial charge is 0.497 e.